The fraction of sp³-hybridized carbons (Fsp3) is 0.452. The van der Waals surface area contributed by atoms with Crippen molar-refractivity contribution in [3.05, 3.63) is 58.7 Å². The molecule has 0 aliphatic carbocycles. The number of cyclic esters (lactones) is 1. The van der Waals surface area contributed by atoms with Gasteiger partial charge >= 0.3 is 11.9 Å². The smallest absolute Gasteiger partial charge is 0.342 e. The number of Topliss-reactive ketones (excluding diaryl/α,β-unsaturated/α-hetero) is 1. The molecule has 0 N–H and O–H groups in total. The van der Waals surface area contributed by atoms with Crippen molar-refractivity contribution >= 4 is 23.8 Å². The third-order valence-corrected chi connectivity index (χ3v) is 6.82. The highest BCUT2D eigenvalue weighted by Gasteiger charge is 2.36. The van der Waals surface area contributed by atoms with Gasteiger partial charge in [0.25, 0.3) is 0 Å². The van der Waals surface area contributed by atoms with Gasteiger partial charge < -0.3 is 18.9 Å². The number of carbonyl (C=O) groups excluding carboxylic acids is 3. The van der Waals surface area contributed by atoms with Gasteiger partial charge in [0.05, 0.1) is 25.7 Å². The Morgan fingerprint density at radius 1 is 1.03 bits per heavy atom. The molecule has 2 aromatic carbocycles. The predicted molar refractivity (Wildman–Crippen MR) is 144 cm³/mol. The molecule has 1 unspecified atom stereocenters. The predicted octanol–water partition coefficient (Wildman–Crippen LogP) is 6.41. The van der Waals surface area contributed by atoms with Crippen LogP contribution in [0.3, 0.4) is 0 Å². The van der Waals surface area contributed by atoms with Crippen molar-refractivity contribution in [1.29, 1.82) is 0 Å². The quantitative estimate of drug-likeness (QED) is 0.340. The summed E-state index contributed by atoms with van der Waals surface area (Å²) in [5, 5.41) is 0. The molecule has 2 aliphatic heterocycles. The number of ketones is 1. The summed E-state index contributed by atoms with van der Waals surface area (Å²) in [5.74, 6) is 0.457. The zero-order valence-electron chi connectivity index (χ0n) is 22.6. The zero-order chi connectivity index (χ0) is 27.2. The molecule has 38 heavy (non-hydrogen) atoms. The number of fused-ring (bicyclic) bond motifs is 2. The summed E-state index contributed by atoms with van der Waals surface area (Å²) in [5.41, 5.74) is 2.40. The topological polar surface area (TPSA) is 88.1 Å². The van der Waals surface area contributed by atoms with E-state index >= 15 is 0 Å². The fourth-order valence-electron chi connectivity index (χ4n) is 5.05. The van der Waals surface area contributed by atoms with Crippen molar-refractivity contribution in [3.63, 3.8) is 0 Å². The van der Waals surface area contributed by atoms with E-state index in [1.165, 1.54) is 7.11 Å². The molecule has 202 valence electrons. The summed E-state index contributed by atoms with van der Waals surface area (Å²) in [6.07, 6.45) is 7.25. The molecular formula is C31H36O7. The second-order valence-corrected chi connectivity index (χ2v) is 10.2. The van der Waals surface area contributed by atoms with Gasteiger partial charge in [0.1, 0.15) is 28.6 Å². The van der Waals surface area contributed by atoms with Crippen LogP contribution in [0.5, 0.6) is 17.2 Å². The van der Waals surface area contributed by atoms with Crippen LogP contribution < -0.4 is 14.2 Å². The molecule has 0 fully saturated rings. The van der Waals surface area contributed by atoms with Crippen LogP contribution in [0.2, 0.25) is 0 Å². The second kappa shape index (κ2) is 12.3. The number of methoxy groups -OCH3 is 1. The number of hydrogen-bond acceptors (Lipinski definition) is 7. The van der Waals surface area contributed by atoms with Gasteiger partial charge in [-0.05, 0) is 75.8 Å². The molecule has 7 heteroatoms. The van der Waals surface area contributed by atoms with E-state index in [2.05, 4.69) is 0 Å². The molecule has 0 amide bonds. The minimum absolute atomic E-state index is 0.0447. The van der Waals surface area contributed by atoms with Crippen LogP contribution in [0, 0.1) is 0 Å². The lowest BCUT2D eigenvalue weighted by Gasteiger charge is -2.29. The molecule has 2 atom stereocenters. The van der Waals surface area contributed by atoms with Crippen molar-refractivity contribution in [3.8, 4) is 17.2 Å². The number of ether oxygens (including phenoxy) is 4. The molecule has 2 aromatic rings. The highest BCUT2D eigenvalue weighted by atomic mass is 16.5. The van der Waals surface area contributed by atoms with Gasteiger partial charge in [0, 0.05) is 24.3 Å². The van der Waals surface area contributed by atoms with Crippen molar-refractivity contribution in [1.82, 2.24) is 0 Å². The molecule has 0 bridgehead atoms. The molecule has 0 radical (unpaired) electrons. The summed E-state index contributed by atoms with van der Waals surface area (Å²) in [6, 6.07) is 9.33. The first-order valence-electron chi connectivity index (χ1n) is 13.4. The van der Waals surface area contributed by atoms with Crippen LogP contribution in [0.1, 0.15) is 98.7 Å². The molecule has 7 nitrogen and oxygen atoms in total. The normalized spacial score (nSPS) is 20.6. The molecule has 0 saturated carbocycles. The largest absolute Gasteiger partial charge is 0.495 e. The lowest BCUT2D eigenvalue weighted by molar-refractivity contribution is -0.135. The molecule has 4 rings (SSSR count). The van der Waals surface area contributed by atoms with E-state index in [-0.39, 0.29) is 36.3 Å². The lowest BCUT2D eigenvalue weighted by atomic mass is 9.83. The van der Waals surface area contributed by atoms with E-state index in [9.17, 15) is 14.4 Å². The van der Waals surface area contributed by atoms with Gasteiger partial charge in [-0.25, -0.2) is 4.79 Å². The molecule has 0 aromatic heterocycles. The Labute approximate surface area is 224 Å². The summed E-state index contributed by atoms with van der Waals surface area (Å²) < 4.78 is 23.1. The summed E-state index contributed by atoms with van der Waals surface area (Å²) in [6.45, 7) is 5.76. The van der Waals surface area contributed by atoms with Gasteiger partial charge in [-0.1, -0.05) is 24.3 Å². The van der Waals surface area contributed by atoms with E-state index in [4.69, 9.17) is 18.9 Å². The standard InChI is InChI=1S/C31H36O7/c1-19(2)36-24-15-13-21(14-16-24)25-18-27(33)38-26-17-22-10-6-5-7-11-23(32)12-8-9-20(3)37-31(34)28(22)30(35-4)29(25)26/h6,10,13-17,19-20,25H,5,7-9,11-12,18H2,1-4H3/t20-,25?/m0/s1. The molecular weight excluding hydrogens is 484 g/mol. The first kappa shape index (κ1) is 27.4. The van der Waals surface area contributed by atoms with Crippen LogP contribution >= 0.6 is 0 Å². The van der Waals surface area contributed by atoms with Crippen LogP contribution in [-0.4, -0.2) is 37.0 Å². The number of benzene rings is 2. The van der Waals surface area contributed by atoms with Crippen LogP contribution in [0.25, 0.3) is 6.08 Å². The molecule has 2 aliphatic rings. The number of allylic oxidation sites excluding steroid dienone is 1. The molecule has 2 heterocycles. The zero-order valence-corrected chi connectivity index (χ0v) is 22.6. The maximum atomic E-state index is 13.5. The van der Waals surface area contributed by atoms with E-state index in [0.717, 1.165) is 17.7 Å². The molecule has 0 saturated heterocycles. The van der Waals surface area contributed by atoms with Gasteiger partial charge in [0.15, 0.2) is 0 Å². The molecule has 0 spiro atoms. The highest BCUT2D eigenvalue weighted by Crippen LogP contribution is 2.47. The maximum absolute atomic E-state index is 13.5. The Bertz CT molecular complexity index is 1210. The Kier molecular flexibility index (Phi) is 8.87. The third kappa shape index (κ3) is 6.44. The monoisotopic (exact) mass is 520 g/mol. The summed E-state index contributed by atoms with van der Waals surface area (Å²) in [4.78, 5) is 38.3. The van der Waals surface area contributed by atoms with Crippen LogP contribution in [0.15, 0.2) is 36.4 Å². The maximum Gasteiger partial charge on any atom is 0.342 e. The van der Waals surface area contributed by atoms with Crippen molar-refractivity contribution in [2.45, 2.75) is 83.8 Å². The lowest BCUT2D eigenvalue weighted by Crippen LogP contribution is -2.24. The first-order chi connectivity index (χ1) is 18.3. The van der Waals surface area contributed by atoms with Crippen molar-refractivity contribution < 1.29 is 33.3 Å². The van der Waals surface area contributed by atoms with E-state index in [0.29, 0.717) is 60.3 Å². The number of rotatable bonds is 4. The van der Waals surface area contributed by atoms with Crippen LogP contribution in [0.4, 0.5) is 0 Å². The number of esters is 2. The number of hydrogen-bond donors (Lipinski definition) is 0. The second-order valence-electron chi connectivity index (χ2n) is 10.2. The summed E-state index contributed by atoms with van der Waals surface area (Å²) >= 11 is 0. The minimum atomic E-state index is -0.503. The van der Waals surface area contributed by atoms with Crippen molar-refractivity contribution in [2.24, 2.45) is 0 Å². The Morgan fingerprint density at radius 2 is 1.76 bits per heavy atom. The fourth-order valence-corrected chi connectivity index (χ4v) is 5.05. The van der Waals surface area contributed by atoms with E-state index < -0.39 is 5.97 Å². The Hall–Kier alpha value is -3.61. The third-order valence-electron chi connectivity index (χ3n) is 6.82. The van der Waals surface area contributed by atoms with Crippen molar-refractivity contribution in [2.75, 3.05) is 7.11 Å². The average Bonchev–Trinajstić information content (AvgIpc) is 2.86. The first-order valence-corrected chi connectivity index (χ1v) is 13.4. The van der Waals surface area contributed by atoms with Gasteiger partial charge in [-0.15, -0.1) is 0 Å². The van der Waals surface area contributed by atoms with E-state index in [1.807, 2.05) is 57.2 Å². The van der Waals surface area contributed by atoms with Gasteiger partial charge in [-0.3, -0.25) is 9.59 Å². The minimum Gasteiger partial charge on any atom is -0.495 e. The Balaban J connectivity index is 1.80. The Morgan fingerprint density at radius 3 is 2.47 bits per heavy atom. The highest BCUT2D eigenvalue weighted by molar-refractivity contribution is 5.99. The average molecular weight is 521 g/mol. The van der Waals surface area contributed by atoms with Crippen LogP contribution in [-0.2, 0) is 14.3 Å². The summed E-state index contributed by atoms with van der Waals surface area (Å²) in [7, 11) is 1.51. The van der Waals surface area contributed by atoms with Gasteiger partial charge in [-0.2, -0.15) is 0 Å². The number of carbonyl (C=O) groups is 3. The van der Waals surface area contributed by atoms with E-state index in [1.54, 1.807) is 6.07 Å². The van der Waals surface area contributed by atoms with Gasteiger partial charge in [0.2, 0.25) is 0 Å². The SMILES string of the molecule is COc1c2c(cc3c1C(c1ccc(OC(C)C)cc1)CC(=O)O3)C=CCCCC(=O)CCC[C@H](C)OC2=O.